The van der Waals surface area contributed by atoms with Gasteiger partial charge in [-0.15, -0.1) is 6.58 Å². The second-order valence-corrected chi connectivity index (χ2v) is 4.95. The van der Waals surface area contributed by atoms with Crippen molar-refractivity contribution in [3.63, 3.8) is 0 Å². The monoisotopic (exact) mass is 248 g/mol. The number of hydrogen-bond acceptors (Lipinski definition) is 3. The van der Waals surface area contributed by atoms with Gasteiger partial charge in [-0.05, 0) is 32.9 Å². The second-order valence-electron chi connectivity index (χ2n) is 4.95. The molecule has 2 heterocycles. The first kappa shape index (κ1) is 13.1. The Morgan fingerprint density at radius 2 is 2.44 bits per heavy atom. The summed E-state index contributed by atoms with van der Waals surface area (Å²) in [6.07, 6.45) is 6.58. The van der Waals surface area contributed by atoms with Crippen molar-refractivity contribution in [1.29, 1.82) is 0 Å². The van der Waals surface area contributed by atoms with E-state index in [1.54, 1.807) is 0 Å². The molecule has 0 bridgehead atoms. The maximum atomic E-state index is 4.53. The van der Waals surface area contributed by atoms with Gasteiger partial charge < -0.3 is 9.88 Å². The lowest BCUT2D eigenvalue weighted by Gasteiger charge is -2.23. The first-order valence-corrected chi connectivity index (χ1v) is 6.87. The van der Waals surface area contributed by atoms with E-state index in [-0.39, 0.29) is 0 Å². The van der Waals surface area contributed by atoms with Crippen molar-refractivity contribution < 1.29 is 0 Å². The van der Waals surface area contributed by atoms with Crippen LogP contribution in [0.3, 0.4) is 0 Å². The smallest absolute Gasteiger partial charge is 0.203 e. The third kappa shape index (κ3) is 2.93. The number of aromatic nitrogens is 2. The number of hydrogen-bond donors (Lipinski definition) is 1. The first-order valence-electron chi connectivity index (χ1n) is 6.87. The van der Waals surface area contributed by atoms with Crippen molar-refractivity contribution in [2.75, 3.05) is 25.0 Å². The number of likely N-dealkylation sites (tertiary alicyclic amines) is 1. The Morgan fingerprint density at radius 1 is 1.61 bits per heavy atom. The minimum absolute atomic E-state index is 0.657. The van der Waals surface area contributed by atoms with Gasteiger partial charge in [0.25, 0.3) is 0 Å². The lowest BCUT2D eigenvalue weighted by molar-refractivity contribution is 0.276. The van der Waals surface area contributed by atoms with Gasteiger partial charge in [0.15, 0.2) is 0 Å². The Balaban J connectivity index is 1.94. The Morgan fingerprint density at radius 3 is 3.17 bits per heavy atom. The number of aryl methyl sites for hydroxylation is 1. The summed E-state index contributed by atoms with van der Waals surface area (Å²) in [4.78, 5) is 7.07. The minimum atomic E-state index is 0.657. The second kappa shape index (κ2) is 6.05. The number of nitrogens with zero attached hydrogens (tertiary/aromatic N) is 3. The number of allylic oxidation sites excluding steroid dienone is 1. The summed E-state index contributed by atoms with van der Waals surface area (Å²) in [6.45, 7) is 12.2. The fourth-order valence-electron chi connectivity index (χ4n) is 2.72. The minimum Gasteiger partial charge on any atom is -0.354 e. The standard InChI is InChI=1S/C14H24N4/c1-4-8-18-11-12(3)16-14(18)15-10-13-7-6-9-17(13)5-2/h4,11,13H,1,5-10H2,2-3H3,(H,15,16). The van der Waals surface area contributed by atoms with Gasteiger partial charge in [0.1, 0.15) is 0 Å². The molecule has 1 atom stereocenters. The van der Waals surface area contributed by atoms with E-state index < -0.39 is 0 Å². The van der Waals surface area contributed by atoms with Crippen LogP contribution in [0.15, 0.2) is 18.9 Å². The fraction of sp³-hybridized carbons (Fsp3) is 0.643. The molecule has 2 rings (SSSR count). The van der Waals surface area contributed by atoms with E-state index in [0.717, 1.165) is 31.3 Å². The Hall–Kier alpha value is -1.29. The fourth-order valence-corrected chi connectivity index (χ4v) is 2.72. The van der Waals surface area contributed by atoms with Crippen LogP contribution in [0.25, 0.3) is 0 Å². The maximum Gasteiger partial charge on any atom is 0.203 e. The molecular weight excluding hydrogens is 224 g/mol. The maximum absolute atomic E-state index is 4.53. The average Bonchev–Trinajstić information content (AvgIpc) is 2.93. The largest absolute Gasteiger partial charge is 0.354 e. The molecule has 0 amide bonds. The van der Waals surface area contributed by atoms with Crippen molar-refractivity contribution in [2.45, 2.75) is 39.3 Å². The molecule has 100 valence electrons. The molecule has 1 saturated heterocycles. The molecule has 0 radical (unpaired) electrons. The summed E-state index contributed by atoms with van der Waals surface area (Å²) < 4.78 is 2.12. The van der Waals surface area contributed by atoms with Gasteiger partial charge in [-0.3, -0.25) is 4.90 Å². The molecule has 18 heavy (non-hydrogen) atoms. The third-order valence-corrected chi connectivity index (χ3v) is 3.62. The normalized spacial score (nSPS) is 20.2. The van der Waals surface area contributed by atoms with Gasteiger partial charge in [0, 0.05) is 25.3 Å². The highest BCUT2D eigenvalue weighted by molar-refractivity contribution is 5.29. The van der Waals surface area contributed by atoms with Crippen molar-refractivity contribution in [3.8, 4) is 0 Å². The van der Waals surface area contributed by atoms with Crippen LogP contribution >= 0.6 is 0 Å². The number of likely N-dealkylation sites (N-methyl/N-ethyl adjacent to an activating group) is 1. The van der Waals surface area contributed by atoms with E-state index in [1.807, 2.05) is 13.0 Å². The third-order valence-electron chi connectivity index (χ3n) is 3.62. The van der Waals surface area contributed by atoms with Gasteiger partial charge in [-0.1, -0.05) is 13.0 Å². The van der Waals surface area contributed by atoms with Gasteiger partial charge in [-0.25, -0.2) is 4.98 Å². The van der Waals surface area contributed by atoms with Crippen LogP contribution in [0, 0.1) is 6.92 Å². The molecule has 1 unspecified atom stereocenters. The molecule has 0 aromatic carbocycles. The topological polar surface area (TPSA) is 33.1 Å². The molecule has 0 aliphatic carbocycles. The van der Waals surface area contributed by atoms with E-state index >= 15 is 0 Å². The van der Waals surface area contributed by atoms with E-state index in [1.165, 1.54) is 19.4 Å². The van der Waals surface area contributed by atoms with Crippen LogP contribution < -0.4 is 5.32 Å². The number of anilines is 1. The zero-order valence-corrected chi connectivity index (χ0v) is 11.5. The zero-order valence-electron chi connectivity index (χ0n) is 11.5. The quantitative estimate of drug-likeness (QED) is 0.784. The SMILES string of the molecule is C=CCn1cc(C)nc1NCC1CCCN1CC. The Kier molecular flexibility index (Phi) is 4.42. The molecule has 0 saturated carbocycles. The van der Waals surface area contributed by atoms with Crippen molar-refractivity contribution in [1.82, 2.24) is 14.5 Å². The molecule has 1 fully saturated rings. The average molecular weight is 248 g/mol. The molecule has 1 aliphatic rings. The summed E-state index contributed by atoms with van der Waals surface area (Å²) in [5, 5.41) is 3.49. The number of rotatable bonds is 6. The van der Waals surface area contributed by atoms with Crippen LogP contribution in [-0.4, -0.2) is 40.1 Å². The Bertz CT molecular complexity index is 396. The predicted molar refractivity (Wildman–Crippen MR) is 75.9 cm³/mol. The van der Waals surface area contributed by atoms with Crippen LogP contribution in [0.1, 0.15) is 25.5 Å². The molecule has 1 N–H and O–H groups in total. The zero-order chi connectivity index (χ0) is 13.0. The molecule has 1 aromatic heterocycles. The highest BCUT2D eigenvalue weighted by Crippen LogP contribution is 2.17. The molecular formula is C14H24N4. The summed E-state index contributed by atoms with van der Waals surface area (Å²) in [7, 11) is 0. The Labute approximate surface area is 110 Å². The van der Waals surface area contributed by atoms with Crippen molar-refractivity contribution in [2.24, 2.45) is 0 Å². The summed E-state index contributed by atoms with van der Waals surface area (Å²) in [6, 6.07) is 0.657. The van der Waals surface area contributed by atoms with Gasteiger partial charge in [0.05, 0.1) is 5.69 Å². The first-order chi connectivity index (χ1) is 8.74. The van der Waals surface area contributed by atoms with Crippen LogP contribution in [0.5, 0.6) is 0 Å². The van der Waals surface area contributed by atoms with E-state index in [4.69, 9.17) is 0 Å². The van der Waals surface area contributed by atoms with Crippen LogP contribution in [0.2, 0.25) is 0 Å². The number of nitrogens with one attached hydrogen (secondary N) is 1. The van der Waals surface area contributed by atoms with Gasteiger partial charge in [0.2, 0.25) is 5.95 Å². The molecule has 1 aromatic rings. The molecule has 0 spiro atoms. The summed E-state index contributed by atoms with van der Waals surface area (Å²) in [5.74, 6) is 0.968. The van der Waals surface area contributed by atoms with Crippen LogP contribution in [-0.2, 0) is 6.54 Å². The van der Waals surface area contributed by atoms with Gasteiger partial charge >= 0.3 is 0 Å². The predicted octanol–water partition coefficient (Wildman–Crippen LogP) is 2.27. The van der Waals surface area contributed by atoms with E-state index in [0.29, 0.717) is 6.04 Å². The van der Waals surface area contributed by atoms with E-state index in [2.05, 4.69) is 39.5 Å². The molecule has 4 heteroatoms. The van der Waals surface area contributed by atoms with Crippen molar-refractivity contribution >= 4 is 5.95 Å². The lowest BCUT2D eigenvalue weighted by Crippen LogP contribution is -2.35. The molecule has 4 nitrogen and oxygen atoms in total. The van der Waals surface area contributed by atoms with Crippen molar-refractivity contribution in [3.05, 3.63) is 24.5 Å². The lowest BCUT2D eigenvalue weighted by atomic mass is 10.2. The summed E-state index contributed by atoms with van der Waals surface area (Å²) >= 11 is 0. The molecule has 1 aliphatic heterocycles. The highest BCUT2D eigenvalue weighted by Gasteiger charge is 2.22. The van der Waals surface area contributed by atoms with Gasteiger partial charge in [-0.2, -0.15) is 0 Å². The van der Waals surface area contributed by atoms with Crippen LogP contribution in [0.4, 0.5) is 5.95 Å². The summed E-state index contributed by atoms with van der Waals surface area (Å²) in [5.41, 5.74) is 1.05. The van der Waals surface area contributed by atoms with E-state index in [9.17, 15) is 0 Å². The number of imidazole rings is 1. The highest BCUT2D eigenvalue weighted by atomic mass is 15.2.